The second-order valence-electron chi connectivity index (χ2n) is 9.21. The molecule has 0 radical (unpaired) electrons. The number of aromatic nitrogens is 2. The van der Waals surface area contributed by atoms with Gasteiger partial charge in [0.25, 0.3) is 5.91 Å². The molecular formula is C27H27FN4O3. The highest BCUT2D eigenvalue weighted by molar-refractivity contribution is 6.15. The van der Waals surface area contributed by atoms with Gasteiger partial charge in [0.1, 0.15) is 17.4 Å². The number of amides is 1. The van der Waals surface area contributed by atoms with Crippen LogP contribution in [0.1, 0.15) is 30.2 Å². The molecule has 0 bridgehead atoms. The molecule has 1 fully saturated rings. The van der Waals surface area contributed by atoms with Crippen LogP contribution < -0.4 is 4.74 Å². The van der Waals surface area contributed by atoms with E-state index in [9.17, 15) is 14.3 Å². The van der Waals surface area contributed by atoms with E-state index in [1.807, 2.05) is 46.9 Å². The van der Waals surface area contributed by atoms with E-state index in [2.05, 4.69) is 16.9 Å². The summed E-state index contributed by atoms with van der Waals surface area (Å²) in [6, 6.07) is 11.6. The number of ether oxygens (including phenoxy) is 1. The Morgan fingerprint density at radius 1 is 1.26 bits per heavy atom. The Balaban J connectivity index is 1.54. The lowest BCUT2D eigenvalue weighted by molar-refractivity contribution is -0.128. The van der Waals surface area contributed by atoms with Crippen molar-refractivity contribution < 1.29 is 19.0 Å². The normalized spacial score (nSPS) is 22.9. The Kier molecular flexibility index (Phi) is 5.76. The second-order valence-corrected chi connectivity index (χ2v) is 9.21. The first-order chi connectivity index (χ1) is 16.8. The van der Waals surface area contributed by atoms with Crippen molar-refractivity contribution in [3.8, 4) is 11.4 Å². The summed E-state index contributed by atoms with van der Waals surface area (Å²) in [5.74, 6) is 0.625. The van der Waals surface area contributed by atoms with Gasteiger partial charge < -0.3 is 19.3 Å². The number of carbonyl (C=O) groups is 1. The number of imidazole rings is 1. The number of nitrogens with zero attached hydrogens (tertiary/aromatic N) is 4. The molecule has 5 rings (SSSR count). The predicted molar refractivity (Wildman–Crippen MR) is 131 cm³/mol. The molecule has 2 unspecified atom stereocenters. The van der Waals surface area contributed by atoms with E-state index in [0.717, 1.165) is 28.9 Å². The van der Waals surface area contributed by atoms with E-state index < -0.39 is 23.9 Å². The van der Waals surface area contributed by atoms with Crippen molar-refractivity contribution in [1.29, 1.82) is 0 Å². The Morgan fingerprint density at radius 3 is 2.69 bits per heavy atom. The zero-order valence-corrected chi connectivity index (χ0v) is 19.9. The number of rotatable bonds is 5. The van der Waals surface area contributed by atoms with Crippen molar-refractivity contribution >= 4 is 17.8 Å². The van der Waals surface area contributed by atoms with Gasteiger partial charge in [-0.15, -0.1) is 0 Å². The molecule has 2 aliphatic heterocycles. The number of carbonyl (C=O) groups excluding carboxylic acids is 1. The van der Waals surface area contributed by atoms with Gasteiger partial charge in [0.05, 0.1) is 31.4 Å². The molecule has 1 N–H and O–H groups in total. The summed E-state index contributed by atoms with van der Waals surface area (Å²) in [5, 5.41) is 10.4. The number of aliphatic hydroxyl groups excluding tert-OH is 1. The quantitative estimate of drug-likeness (QED) is 0.607. The lowest BCUT2D eigenvalue weighted by atomic mass is 9.84. The first-order valence-corrected chi connectivity index (χ1v) is 11.5. The van der Waals surface area contributed by atoms with Gasteiger partial charge >= 0.3 is 0 Å². The minimum absolute atomic E-state index is 0.215. The summed E-state index contributed by atoms with van der Waals surface area (Å²) >= 11 is 0. The lowest BCUT2D eigenvalue weighted by Gasteiger charge is -2.42. The Morgan fingerprint density at radius 2 is 2.03 bits per heavy atom. The van der Waals surface area contributed by atoms with E-state index in [1.54, 1.807) is 25.6 Å². The number of hydrogen-bond donors (Lipinski definition) is 1. The highest BCUT2D eigenvalue weighted by Gasteiger charge is 2.53. The van der Waals surface area contributed by atoms with Crippen molar-refractivity contribution in [1.82, 2.24) is 14.5 Å². The first kappa shape index (κ1) is 23.0. The zero-order chi connectivity index (χ0) is 24.7. The maximum atomic E-state index is 13.6. The molecule has 0 aliphatic carbocycles. The number of hydrogen-bond acceptors (Lipinski definition) is 5. The van der Waals surface area contributed by atoms with Crippen LogP contribution in [0.25, 0.3) is 11.8 Å². The molecule has 1 amide bonds. The third-order valence-corrected chi connectivity index (χ3v) is 6.71. The topological polar surface area (TPSA) is 80.0 Å². The minimum Gasteiger partial charge on any atom is -0.495 e. The van der Waals surface area contributed by atoms with Crippen LogP contribution in [-0.4, -0.2) is 51.6 Å². The van der Waals surface area contributed by atoms with Gasteiger partial charge in [-0.05, 0) is 66.3 Å². The number of fused-ring (bicyclic) bond motifs is 1. The lowest BCUT2D eigenvalue weighted by Crippen LogP contribution is -2.55. The van der Waals surface area contributed by atoms with E-state index in [4.69, 9.17) is 4.74 Å². The van der Waals surface area contributed by atoms with Gasteiger partial charge in [-0.1, -0.05) is 25.1 Å². The predicted octanol–water partition coefficient (Wildman–Crippen LogP) is 3.88. The van der Waals surface area contributed by atoms with Crippen LogP contribution in [0, 0.1) is 18.7 Å². The van der Waals surface area contributed by atoms with Gasteiger partial charge in [-0.2, -0.15) is 4.99 Å². The fraction of sp³-hybridized carbons (Fsp3) is 0.296. The van der Waals surface area contributed by atoms with Gasteiger partial charge in [0.2, 0.25) is 0 Å². The van der Waals surface area contributed by atoms with Crippen molar-refractivity contribution in [2.75, 3.05) is 20.3 Å². The van der Waals surface area contributed by atoms with Gasteiger partial charge in [-0.3, -0.25) is 4.79 Å². The summed E-state index contributed by atoms with van der Waals surface area (Å²) < 4.78 is 21.1. The van der Waals surface area contributed by atoms with Crippen LogP contribution in [0.2, 0.25) is 0 Å². The first-order valence-electron chi connectivity index (χ1n) is 11.5. The standard InChI is InChI=1S/C27H27FN4O3/c1-17-10-20(11-19-4-9-23(24(12-19)35-3)31-14-18(2)29-16-31)25-30-26(34)27(15-33,32(25)13-17)21-5-7-22(28)8-6-21/h4-9,11-12,14,16-17,33H,10,13,15H2,1-3H3. The van der Waals surface area contributed by atoms with E-state index in [0.29, 0.717) is 23.7 Å². The third kappa shape index (κ3) is 3.83. The molecule has 3 aromatic rings. The molecule has 1 saturated heterocycles. The molecule has 180 valence electrons. The number of halogens is 1. The summed E-state index contributed by atoms with van der Waals surface area (Å²) in [6.07, 6.45) is 6.42. The molecule has 0 saturated carbocycles. The smallest absolute Gasteiger partial charge is 0.280 e. The highest BCUT2D eigenvalue weighted by Crippen LogP contribution is 2.41. The van der Waals surface area contributed by atoms with E-state index in [1.165, 1.54) is 12.1 Å². The summed E-state index contributed by atoms with van der Waals surface area (Å²) in [5.41, 5.74) is 2.77. The number of aryl methyl sites for hydroxylation is 1. The molecule has 7 nitrogen and oxygen atoms in total. The fourth-order valence-electron chi connectivity index (χ4n) is 5.00. The molecule has 3 heterocycles. The van der Waals surface area contributed by atoms with Crippen LogP contribution in [0.4, 0.5) is 4.39 Å². The largest absolute Gasteiger partial charge is 0.495 e. The van der Waals surface area contributed by atoms with Crippen LogP contribution >= 0.6 is 0 Å². The maximum absolute atomic E-state index is 13.6. The number of aliphatic imine (C=N–C) groups is 1. The second kappa shape index (κ2) is 8.78. The number of aliphatic hydroxyl groups is 1. The van der Waals surface area contributed by atoms with Crippen molar-refractivity contribution in [2.45, 2.75) is 25.8 Å². The van der Waals surface area contributed by atoms with Crippen molar-refractivity contribution in [2.24, 2.45) is 10.9 Å². The molecule has 2 atom stereocenters. The molecule has 1 aromatic heterocycles. The van der Waals surface area contributed by atoms with Gasteiger partial charge in [0.15, 0.2) is 5.54 Å². The zero-order valence-electron chi connectivity index (χ0n) is 19.9. The van der Waals surface area contributed by atoms with Crippen LogP contribution in [0.3, 0.4) is 0 Å². The summed E-state index contributed by atoms with van der Waals surface area (Å²) in [7, 11) is 1.63. The monoisotopic (exact) mass is 474 g/mol. The SMILES string of the molecule is COc1cc(C=C2CC(C)CN3C2=NC(=O)C3(CO)c2ccc(F)cc2)ccc1-n1cnc(C)c1. The van der Waals surface area contributed by atoms with Crippen LogP contribution in [0.15, 0.2) is 65.6 Å². The van der Waals surface area contributed by atoms with Crippen LogP contribution in [0.5, 0.6) is 5.75 Å². The number of amidine groups is 1. The maximum Gasteiger partial charge on any atom is 0.280 e. The number of piperidine rings is 1. The number of benzene rings is 2. The molecule has 2 aliphatic rings. The Labute approximate surface area is 203 Å². The van der Waals surface area contributed by atoms with E-state index in [-0.39, 0.29) is 5.92 Å². The summed E-state index contributed by atoms with van der Waals surface area (Å²) in [6.45, 7) is 4.14. The summed E-state index contributed by atoms with van der Waals surface area (Å²) in [4.78, 5) is 23.8. The number of methoxy groups -OCH3 is 1. The van der Waals surface area contributed by atoms with E-state index >= 15 is 0 Å². The van der Waals surface area contributed by atoms with Crippen LogP contribution in [-0.2, 0) is 10.3 Å². The Bertz CT molecular complexity index is 1340. The average Bonchev–Trinajstić information content (AvgIpc) is 3.40. The van der Waals surface area contributed by atoms with Crippen molar-refractivity contribution in [3.63, 3.8) is 0 Å². The van der Waals surface area contributed by atoms with Gasteiger partial charge in [0, 0.05) is 12.7 Å². The molecule has 35 heavy (non-hydrogen) atoms. The fourth-order valence-corrected chi connectivity index (χ4v) is 5.00. The third-order valence-electron chi connectivity index (χ3n) is 6.71. The molecule has 8 heteroatoms. The Hall–Kier alpha value is -3.78. The highest BCUT2D eigenvalue weighted by atomic mass is 19.1. The molecule has 0 spiro atoms. The minimum atomic E-state index is -1.35. The van der Waals surface area contributed by atoms with Gasteiger partial charge in [-0.25, -0.2) is 9.37 Å². The molecular weight excluding hydrogens is 447 g/mol. The average molecular weight is 475 g/mol. The van der Waals surface area contributed by atoms with Crippen molar-refractivity contribution in [3.05, 3.63) is 83.2 Å². The molecule has 2 aromatic carbocycles.